The molecule has 4 aromatic carbocycles. The number of benzene rings is 4. The Labute approximate surface area is 367 Å². The topological polar surface area (TPSA) is 132 Å². The van der Waals surface area contributed by atoms with Crippen molar-refractivity contribution in [2.45, 2.75) is 26.1 Å². The van der Waals surface area contributed by atoms with Crippen LogP contribution in [0.1, 0.15) is 16.8 Å². The number of piperazine rings is 1. The molecule has 1 saturated heterocycles. The number of thiophene rings is 1. The lowest BCUT2D eigenvalue weighted by molar-refractivity contribution is -0.145. The number of hydrogen-bond donors (Lipinski definition) is 1. The second kappa shape index (κ2) is 19.2. The summed E-state index contributed by atoms with van der Waals surface area (Å²) in [6.07, 6.45) is 1.82. The summed E-state index contributed by atoms with van der Waals surface area (Å²) in [5.74, 6) is 0.611. The van der Waals surface area contributed by atoms with Gasteiger partial charge in [-0.3, -0.25) is 4.90 Å². The first kappa shape index (κ1) is 42.5. The Bertz CT molecular complexity index is 2690. The van der Waals surface area contributed by atoms with Gasteiger partial charge < -0.3 is 29.0 Å². The highest BCUT2D eigenvalue weighted by Gasteiger charge is 2.28. The molecule has 1 fully saturated rings. The number of nitrogens with zero attached hydrogens (tertiary/aromatic N) is 6. The van der Waals surface area contributed by atoms with Crippen molar-refractivity contribution in [3.05, 3.63) is 131 Å². The summed E-state index contributed by atoms with van der Waals surface area (Å²) in [5, 5.41) is 20.2. The first-order chi connectivity index (χ1) is 30.2. The third-order valence-corrected chi connectivity index (χ3v) is 12.4. The molecule has 0 bridgehead atoms. The maximum Gasteiger partial charge on any atom is 0.345 e. The number of aromatic nitrogens is 4. The van der Waals surface area contributed by atoms with Crippen molar-refractivity contribution in [1.29, 1.82) is 0 Å². The van der Waals surface area contributed by atoms with Crippen LogP contribution in [0.4, 0.5) is 4.39 Å². The van der Waals surface area contributed by atoms with Gasteiger partial charge in [0.15, 0.2) is 5.82 Å². The molecule has 0 radical (unpaired) electrons. The van der Waals surface area contributed by atoms with Gasteiger partial charge in [-0.15, -0.1) is 16.4 Å². The zero-order chi connectivity index (χ0) is 43.2. The fourth-order valence-electron chi connectivity index (χ4n) is 7.39. The van der Waals surface area contributed by atoms with Gasteiger partial charge in [-0.05, 0) is 78.7 Å². The molecule has 0 amide bonds. The standard InChI is InChI=1S/C47H44ClFN6O6S/c1-29-34(16-17-38(43(29)48)59-25-24-55-22-20-54(2)21-23-55)41-42-40(62-44(41)30-12-14-32(49)15-13-30)27-51-53-46(42)61-39(47(56)57)26-31-8-4-6-10-36(31)60-28-33-18-19-50-45(52-33)35-9-5-7-11-37(35)58-3/h4-19,27,39H,20-26,28H2,1-3H3,(H,56,57). The van der Waals surface area contributed by atoms with E-state index in [1.165, 1.54) is 23.5 Å². The average molecular weight is 875 g/mol. The molecule has 1 N–H and O–H groups in total. The van der Waals surface area contributed by atoms with E-state index in [2.05, 4.69) is 32.0 Å². The molecule has 1 atom stereocenters. The predicted molar refractivity (Wildman–Crippen MR) is 238 cm³/mol. The second-order valence-electron chi connectivity index (χ2n) is 14.9. The van der Waals surface area contributed by atoms with Crippen LogP contribution in [0.5, 0.6) is 23.1 Å². The summed E-state index contributed by atoms with van der Waals surface area (Å²) < 4.78 is 39.2. The first-order valence-corrected chi connectivity index (χ1v) is 21.3. The summed E-state index contributed by atoms with van der Waals surface area (Å²) in [5.41, 5.74) is 4.91. The van der Waals surface area contributed by atoms with Crippen molar-refractivity contribution >= 4 is 39.0 Å². The van der Waals surface area contributed by atoms with Crippen molar-refractivity contribution in [3.63, 3.8) is 0 Å². The van der Waals surface area contributed by atoms with E-state index in [0.29, 0.717) is 61.6 Å². The van der Waals surface area contributed by atoms with E-state index in [9.17, 15) is 14.3 Å². The van der Waals surface area contributed by atoms with Crippen LogP contribution in [0.2, 0.25) is 5.02 Å². The van der Waals surface area contributed by atoms with Gasteiger partial charge in [0, 0.05) is 55.8 Å². The van der Waals surface area contributed by atoms with Crippen molar-refractivity contribution in [3.8, 4) is 56.1 Å². The van der Waals surface area contributed by atoms with Crippen LogP contribution in [0.25, 0.3) is 43.0 Å². The Balaban J connectivity index is 1.08. The van der Waals surface area contributed by atoms with Gasteiger partial charge in [-0.25, -0.2) is 19.2 Å². The molecule has 0 spiro atoms. The van der Waals surface area contributed by atoms with Gasteiger partial charge in [-0.2, -0.15) is 5.10 Å². The minimum absolute atomic E-state index is 0.0285. The highest BCUT2D eigenvalue weighted by molar-refractivity contribution is 7.23. The third kappa shape index (κ3) is 9.48. The van der Waals surface area contributed by atoms with Crippen molar-refractivity contribution in [1.82, 2.24) is 30.0 Å². The van der Waals surface area contributed by atoms with Crippen LogP contribution in [-0.2, 0) is 17.8 Å². The fraction of sp³-hybridized carbons (Fsp3) is 0.255. The van der Waals surface area contributed by atoms with Crippen LogP contribution < -0.4 is 18.9 Å². The van der Waals surface area contributed by atoms with Crippen LogP contribution in [0.15, 0.2) is 103 Å². The molecule has 1 aliphatic heterocycles. The minimum atomic E-state index is -1.39. The minimum Gasteiger partial charge on any atom is -0.496 e. The van der Waals surface area contributed by atoms with Crippen LogP contribution >= 0.6 is 22.9 Å². The Hall–Kier alpha value is -6.19. The number of aliphatic carboxylic acids is 1. The largest absolute Gasteiger partial charge is 0.496 e. The molecule has 15 heteroatoms. The third-order valence-electron chi connectivity index (χ3n) is 10.8. The van der Waals surface area contributed by atoms with Crippen LogP contribution in [-0.4, -0.2) is 101 Å². The summed E-state index contributed by atoms with van der Waals surface area (Å²) in [4.78, 5) is 27.6. The molecular weight excluding hydrogens is 831 g/mol. The Morgan fingerprint density at radius 2 is 1.68 bits per heavy atom. The van der Waals surface area contributed by atoms with Gasteiger partial charge in [0.1, 0.15) is 36.3 Å². The number of carboxylic acid groups (broad SMARTS) is 1. The molecule has 0 saturated carbocycles. The van der Waals surface area contributed by atoms with E-state index < -0.39 is 12.1 Å². The molecular formula is C47H44ClFN6O6S. The molecule has 318 valence electrons. The number of rotatable bonds is 16. The van der Waals surface area contributed by atoms with Crippen molar-refractivity contribution in [2.24, 2.45) is 0 Å². The zero-order valence-corrected chi connectivity index (χ0v) is 36.0. The number of fused-ring (bicyclic) bond motifs is 1. The maximum atomic E-state index is 14.2. The van der Waals surface area contributed by atoms with E-state index in [4.69, 9.17) is 35.5 Å². The van der Waals surface area contributed by atoms with Crippen molar-refractivity contribution in [2.75, 3.05) is 53.5 Å². The Morgan fingerprint density at radius 3 is 2.45 bits per heavy atom. The van der Waals surface area contributed by atoms with Gasteiger partial charge in [0.2, 0.25) is 12.0 Å². The molecule has 1 aliphatic rings. The number of ether oxygens (including phenoxy) is 4. The summed E-state index contributed by atoms with van der Waals surface area (Å²) in [6.45, 7) is 7.27. The van der Waals surface area contributed by atoms with E-state index in [-0.39, 0.29) is 24.7 Å². The van der Waals surface area contributed by atoms with Crippen molar-refractivity contribution < 1.29 is 33.2 Å². The predicted octanol–water partition coefficient (Wildman–Crippen LogP) is 8.87. The van der Waals surface area contributed by atoms with Gasteiger partial charge in [0.25, 0.3) is 0 Å². The lowest BCUT2D eigenvalue weighted by atomic mass is 9.95. The quantitative estimate of drug-likeness (QED) is 0.0995. The molecule has 8 rings (SSSR count). The van der Waals surface area contributed by atoms with Gasteiger partial charge in [-0.1, -0.05) is 60.1 Å². The first-order valence-electron chi connectivity index (χ1n) is 20.1. The Morgan fingerprint density at radius 1 is 0.919 bits per heavy atom. The second-order valence-corrected chi connectivity index (χ2v) is 16.3. The number of methoxy groups -OCH3 is 1. The summed E-state index contributed by atoms with van der Waals surface area (Å²) in [7, 11) is 3.72. The molecule has 12 nitrogen and oxygen atoms in total. The normalized spacial score (nSPS) is 13.8. The number of halogens is 2. The molecule has 4 heterocycles. The van der Waals surface area contributed by atoms with E-state index >= 15 is 0 Å². The number of para-hydroxylation sites is 2. The average Bonchev–Trinajstić information content (AvgIpc) is 3.68. The highest BCUT2D eigenvalue weighted by Crippen LogP contribution is 2.50. The smallest absolute Gasteiger partial charge is 0.345 e. The monoisotopic (exact) mass is 874 g/mol. The maximum absolute atomic E-state index is 14.2. The summed E-state index contributed by atoms with van der Waals surface area (Å²) in [6, 6.07) is 26.4. The molecule has 7 aromatic rings. The lowest BCUT2D eigenvalue weighted by Crippen LogP contribution is -2.45. The SMILES string of the molecule is COc1ccccc1-c1nccc(COc2ccccc2CC(Oc2nncc3sc(-c4ccc(F)cc4)c(-c4ccc(OCCN5CCN(C)CC5)c(Cl)c4C)c23)C(=O)O)n1. The molecule has 1 unspecified atom stereocenters. The van der Waals surface area contributed by atoms with E-state index in [0.717, 1.165) is 59.9 Å². The summed E-state index contributed by atoms with van der Waals surface area (Å²) >= 11 is 8.47. The van der Waals surface area contributed by atoms with Gasteiger partial charge >= 0.3 is 5.97 Å². The van der Waals surface area contributed by atoms with E-state index in [1.807, 2.05) is 55.5 Å². The van der Waals surface area contributed by atoms with E-state index in [1.54, 1.807) is 49.8 Å². The molecule has 3 aromatic heterocycles. The molecule has 62 heavy (non-hydrogen) atoms. The Kier molecular flexibility index (Phi) is 13.2. The van der Waals surface area contributed by atoms with Crippen LogP contribution in [0.3, 0.4) is 0 Å². The lowest BCUT2D eigenvalue weighted by Gasteiger charge is -2.32. The zero-order valence-electron chi connectivity index (χ0n) is 34.4. The number of carbonyl (C=O) groups is 1. The van der Waals surface area contributed by atoms with Gasteiger partial charge in [0.05, 0.1) is 39.7 Å². The van der Waals surface area contributed by atoms with Crippen LogP contribution in [0, 0.1) is 12.7 Å². The number of carboxylic acids is 1. The number of likely N-dealkylation sites (N-methyl/N-ethyl adjacent to an activating group) is 1. The number of hydrogen-bond acceptors (Lipinski definition) is 12. The molecule has 0 aliphatic carbocycles. The highest BCUT2D eigenvalue weighted by atomic mass is 35.5. The fourth-order valence-corrected chi connectivity index (χ4v) is 8.79.